The summed E-state index contributed by atoms with van der Waals surface area (Å²) in [5.41, 5.74) is 1.71. The van der Waals surface area contributed by atoms with Crippen LogP contribution < -0.4 is 5.69 Å². The molecule has 4 rings (SSSR count). The van der Waals surface area contributed by atoms with Crippen LogP contribution in [0.2, 0.25) is 0 Å². The zero-order valence-corrected chi connectivity index (χ0v) is 13.2. The van der Waals surface area contributed by atoms with Crippen LogP contribution in [-0.4, -0.2) is 43.1 Å². The number of H-pyrrole nitrogens is 2. The van der Waals surface area contributed by atoms with E-state index in [4.69, 9.17) is 0 Å². The summed E-state index contributed by atoms with van der Waals surface area (Å²) in [7, 11) is 0. The number of nitrogens with zero attached hydrogens (tertiary/aromatic N) is 3. The fourth-order valence-electron chi connectivity index (χ4n) is 3.41. The molecule has 7 heteroatoms. The Labute approximate surface area is 138 Å². The highest BCUT2D eigenvalue weighted by Gasteiger charge is 2.28. The summed E-state index contributed by atoms with van der Waals surface area (Å²) in [6.45, 7) is 1.47. The number of aromatic amines is 2. The number of amides is 1. The van der Waals surface area contributed by atoms with Crippen LogP contribution >= 0.6 is 0 Å². The summed E-state index contributed by atoms with van der Waals surface area (Å²) in [6.07, 6.45) is 6.80. The van der Waals surface area contributed by atoms with Crippen LogP contribution in [0.15, 0.2) is 41.5 Å². The van der Waals surface area contributed by atoms with Gasteiger partial charge in [0.05, 0.1) is 23.6 Å². The van der Waals surface area contributed by atoms with E-state index in [2.05, 4.69) is 15.1 Å². The number of benzene rings is 1. The summed E-state index contributed by atoms with van der Waals surface area (Å²) >= 11 is 0. The third kappa shape index (κ3) is 2.73. The molecule has 1 amide bonds. The van der Waals surface area contributed by atoms with Crippen LogP contribution in [-0.2, 0) is 6.54 Å². The van der Waals surface area contributed by atoms with Crippen molar-refractivity contribution in [2.24, 2.45) is 0 Å². The molecule has 1 fully saturated rings. The number of hydrogen-bond donors (Lipinski definition) is 2. The van der Waals surface area contributed by atoms with Gasteiger partial charge >= 0.3 is 5.69 Å². The summed E-state index contributed by atoms with van der Waals surface area (Å²) in [5.74, 6) is 0.0100. The van der Waals surface area contributed by atoms with Crippen molar-refractivity contribution in [1.82, 2.24) is 24.6 Å². The summed E-state index contributed by atoms with van der Waals surface area (Å²) < 4.78 is 1.88. The molecule has 3 heterocycles. The first-order valence-electron chi connectivity index (χ1n) is 8.21. The van der Waals surface area contributed by atoms with Crippen molar-refractivity contribution >= 4 is 16.9 Å². The summed E-state index contributed by atoms with van der Waals surface area (Å²) in [5, 5.41) is 4.26. The van der Waals surface area contributed by atoms with E-state index in [1.165, 1.54) is 0 Å². The molecule has 1 aliphatic rings. The van der Waals surface area contributed by atoms with E-state index in [0.717, 1.165) is 25.8 Å². The smallest absolute Gasteiger partial charge is 0.323 e. The zero-order chi connectivity index (χ0) is 16.5. The number of aromatic nitrogens is 4. The van der Waals surface area contributed by atoms with Gasteiger partial charge in [0.1, 0.15) is 0 Å². The Morgan fingerprint density at radius 1 is 1.25 bits per heavy atom. The molecular formula is C17H19N5O2. The lowest BCUT2D eigenvalue weighted by Gasteiger charge is -2.35. The second kappa shape index (κ2) is 5.99. The predicted molar refractivity (Wildman–Crippen MR) is 89.8 cm³/mol. The minimum Gasteiger partial charge on any atom is -0.334 e. The molecule has 7 nitrogen and oxygen atoms in total. The van der Waals surface area contributed by atoms with Gasteiger partial charge in [-0.2, -0.15) is 5.10 Å². The van der Waals surface area contributed by atoms with E-state index in [9.17, 15) is 9.59 Å². The third-order valence-electron chi connectivity index (χ3n) is 4.61. The van der Waals surface area contributed by atoms with Gasteiger partial charge in [-0.3, -0.25) is 9.48 Å². The molecule has 1 aliphatic heterocycles. The zero-order valence-electron chi connectivity index (χ0n) is 13.2. The predicted octanol–water partition coefficient (Wildman–Crippen LogP) is 1.75. The van der Waals surface area contributed by atoms with E-state index in [0.29, 0.717) is 23.1 Å². The first kappa shape index (κ1) is 14.7. The highest BCUT2D eigenvalue weighted by Crippen LogP contribution is 2.22. The van der Waals surface area contributed by atoms with Gasteiger partial charge in [-0.25, -0.2) is 4.79 Å². The Balaban J connectivity index is 1.60. The van der Waals surface area contributed by atoms with Gasteiger partial charge in [0, 0.05) is 24.5 Å². The summed E-state index contributed by atoms with van der Waals surface area (Å²) in [4.78, 5) is 31.7. The Morgan fingerprint density at radius 2 is 2.12 bits per heavy atom. The highest BCUT2D eigenvalue weighted by atomic mass is 16.2. The lowest BCUT2D eigenvalue weighted by molar-refractivity contribution is 0.0584. The van der Waals surface area contributed by atoms with Crippen LogP contribution in [0.4, 0.5) is 0 Å². The SMILES string of the molecule is O=C(c1ccc2[nH]c(=O)[nH]c2c1)N1CCCCC1Cn1cccn1. The Kier molecular flexibility index (Phi) is 3.68. The maximum atomic E-state index is 13.0. The van der Waals surface area contributed by atoms with Crippen LogP contribution in [0.5, 0.6) is 0 Å². The van der Waals surface area contributed by atoms with Crippen LogP contribution in [0.1, 0.15) is 29.6 Å². The number of fused-ring (bicyclic) bond motifs is 1. The number of carbonyl (C=O) groups excluding carboxylic acids is 1. The van der Waals surface area contributed by atoms with E-state index >= 15 is 0 Å². The molecule has 1 unspecified atom stereocenters. The number of piperidine rings is 1. The molecule has 2 N–H and O–H groups in total. The molecule has 0 radical (unpaired) electrons. The molecule has 1 saturated heterocycles. The molecule has 0 bridgehead atoms. The quantitative estimate of drug-likeness (QED) is 0.769. The molecule has 24 heavy (non-hydrogen) atoms. The standard InChI is InChI=1S/C17H19N5O2/c23-16(12-5-6-14-15(10-12)20-17(24)19-14)22-9-2-1-4-13(22)11-21-8-3-7-18-21/h3,5-8,10,13H,1-2,4,9,11H2,(H2,19,20,24). The van der Waals surface area contributed by atoms with Crippen molar-refractivity contribution in [3.05, 3.63) is 52.7 Å². The van der Waals surface area contributed by atoms with Crippen molar-refractivity contribution in [3.63, 3.8) is 0 Å². The maximum Gasteiger partial charge on any atom is 0.323 e. The molecule has 1 atom stereocenters. The molecular weight excluding hydrogens is 306 g/mol. The van der Waals surface area contributed by atoms with Gasteiger partial charge in [-0.1, -0.05) is 0 Å². The fraction of sp³-hybridized carbons (Fsp3) is 0.353. The number of imidazole rings is 1. The number of likely N-dealkylation sites (tertiary alicyclic amines) is 1. The average Bonchev–Trinajstić information content (AvgIpc) is 3.22. The van der Waals surface area contributed by atoms with Gasteiger partial charge in [0.25, 0.3) is 5.91 Å². The summed E-state index contributed by atoms with van der Waals surface area (Å²) in [6, 6.07) is 7.33. The van der Waals surface area contributed by atoms with Crippen LogP contribution in [0.25, 0.3) is 11.0 Å². The highest BCUT2D eigenvalue weighted by molar-refractivity contribution is 5.97. The van der Waals surface area contributed by atoms with Crippen molar-refractivity contribution < 1.29 is 4.79 Å². The van der Waals surface area contributed by atoms with Gasteiger partial charge < -0.3 is 14.9 Å². The topological polar surface area (TPSA) is 86.8 Å². The number of rotatable bonds is 3. The Bertz CT molecular complexity index is 909. The van der Waals surface area contributed by atoms with Gasteiger partial charge in [-0.15, -0.1) is 0 Å². The second-order valence-electron chi connectivity index (χ2n) is 6.22. The number of nitrogens with one attached hydrogen (secondary N) is 2. The van der Waals surface area contributed by atoms with Crippen molar-refractivity contribution in [2.75, 3.05) is 6.54 Å². The number of hydrogen-bond acceptors (Lipinski definition) is 3. The van der Waals surface area contributed by atoms with Crippen molar-refractivity contribution in [2.45, 2.75) is 31.8 Å². The normalized spacial score (nSPS) is 18.2. The minimum atomic E-state index is -0.260. The second-order valence-corrected chi connectivity index (χ2v) is 6.22. The lowest BCUT2D eigenvalue weighted by Crippen LogP contribution is -2.45. The molecule has 0 aliphatic carbocycles. The molecule has 124 valence electrons. The van der Waals surface area contributed by atoms with Gasteiger partial charge in [0.2, 0.25) is 0 Å². The molecule has 0 spiro atoms. The van der Waals surface area contributed by atoms with Crippen molar-refractivity contribution in [3.8, 4) is 0 Å². The lowest BCUT2D eigenvalue weighted by atomic mass is 10.0. The third-order valence-corrected chi connectivity index (χ3v) is 4.61. The molecule has 2 aromatic heterocycles. The van der Waals surface area contributed by atoms with Gasteiger partial charge in [-0.05, 0) is 43.5 Å². The molecule has 0 saturated carbocycles. The molecule has 3 aromatic rings. The monoisotopic (exact) mass is 325 g/mol. The van der Waals surface area contributed by atoms with Crippen molar-refractivity contribution in [1.29, 1.82) is 0 Å². The fourth-order valence-corrected chi connectivity index (χ4v) is 3.41. The van der Waals surface area contributed by atoms with E-state index in [-0.39, 0.29) is 17.6 Å². The van der Waals surface area contributed by atoms with E-state index < -0.39 is 0 Å². The number of carbonyl (C=O) groups is 1. The largest absolute Gasteiger partial charge is 0.334 e. The maximum absolute atomic E-state index is 13.0. The van der Waals surface area contributed by atoms with Crippen LogP contribution in [0, 0.1) is 0 Å². The van der Waals surface area contributed by atoms with Gasteiger partial charge in [0.15, 0.2) is 0 Å². The first-order valence-corrected chi connectivity index (χ1v) is 8.21. The van der Waals surface area contributed by atoms with E-state index in [1.807, 2.05) is 21.8 Å². The first-order chi connectivity index (χ1) is 11.7. The van der Waals surface area contributed by atoms with E-state index in [1.54, 1.807) is 24.4 Å². The van der Waals surface area contributed by atoms with Crippen LogP contribution in [0.3, 0.4) is 0 Å². The molecule has 1 aromatic carbocycles. The Hall–Kier alpha value is -2.83. The average molecular weight is 325 g/mol. The Morgan fingerprint density at radius 3 is 2.96 bits per heavy atom. The minimum absolute atomic E-state index is 0.0100.